The van der Waals surface area contributed by atoms with E-state index in [1.54, 1.807) is 18.5 Å². The Morgan fingerprint density at radius 3 is 2.83 bits per heavy atom. The largest absolute Gasteiger partial charge is 0.406 e. The molecule has 0 amide bonds. The lowest BCUT2D eigenvalue weighted by molar-refractivity contribution is -0.388. The van der Waals surface area contributed by atoms with Gasteiger partial charge in [0.1, 0.15) is 0 Å². The summed E-state index contributed by atoms with van der Waals surface area (Å²) in [5.74, 6) is 2.42. The number of rotatable bonds is 4. The zero-order chi connectivity index (χ0) is 13.3. The summed E-state index contributed by atoms with van der Waals surface area (Å²) < 4.78 is 1.75. The SMILES string of the molecule is Cc1nc([N+](=O)[O-])c(NCC2CCCC2C)n1C. The molecule has 0 aliphatic heterocycles. The van der Waals surface area contributed by atoms with Crippen molar-refractivity contribution in [3.63, 3.8) is 0 Å². The fourth-order valence-corrected chi connectivity index (χ4v) is 2.67. The van der Waals surface area contributed by atoms with E-state index in [2.05, 4.69) is 17.2 Å². The molecular weight excluding hydrogens is 232 g/mol. The molecule has 2 rings (SSSR count). The van der Waals surface area contributed by atoms with Crippen LogP contribution in [0.25, 0.3) is 0 Å². The first-order valence-corrected chi connectivity index (χ1v) is 6.42. The van der Waals surface area contributed by atoms with E-state index in [-0.39, 0.29) is 5.82 Å². The number of hydrogen-bond acceptors (Lipinski definition) is 4. The number of hydrogen-bond donors (Lipinski definition) is 1. The Bertz CT molecular complexity index is 455. The Morgan fingerprint density at radius 2 is 2.28 bits per heavy atom. The minimum Gasteiger partial charge on any atom is -0.364 e. The van der Waals surface area contributed by atoms with Gasteiger partial charge in [0.25, 0.3) is 0 Å². The van der Waals surface area contributed by atoms with Crippen LogP contribution in [-0.4, -0.2) is 21.0 Å². The summed E-state index contributed by atoms with van der Waals surface area (Å²) in [6, 6.07) is 0. The highest BCUT2D eigenvalue weighted by Crippen LogP contribution is 2.32. The van der Waals surface area contributed by atoms with Crippen LogP contribution in [0.15, 0.2) is 0 Å². The van der Waals surface area contributed by atoms with Crippen molar-refractivity contribution in [3.05, 3.63) is 15.9 Å². The fourth-order valence-electron chi connectivity index (χ4n) is 2.67. The average molecular weight is 252 g/mol. The van der Waals surface area contributed by atoms with Gasteiger partial charge in [-0.1, -0.05) is 19.8 Å². The van der Waals surface area contributed by atoms with E-state index in [1.807, 2.05) is 0 Å². The van der Waals surface area contributed by atoms with Crippen molar-refractivity contribution in [2.24, 2.45) is 18.9 Å². The molecule has 2 unspecified atom stereocenters. The van der Waals surface area contributed by atoms with Gasteiger partial charge in [0.05, 0.1) is 0 Å². The van der Waals surface area contributed by atoms with E-state index >= 15 is 0 Å². The number of nitro groups is 1. The average Bonchev–Trinajstić information content (AvgIpc) is 2.83. The highest BCUT2D eigenvalue weighted by Gasteiger charge is 2.27. The van der Waals surface area contributed by atoms with E-state index in [9.17, 15) is 10.1 Å². The summed E-state index contributed by atoms with van der Waals surface area (Å²) in [5, 5.41) is 14.2. The molecule has 1 fully saturated rings. The normalized spacial score (nSPS) is 23.3. The number of nitrogens with one attached hydrogen (secondary N) is 1. The predicted octanol–water partition coefficient (Wildman–Crippen LogP) is 2.48. The maximum atomic E-state index is 10.9. The van der Waals surface area contributed by atoms with Crippen molar-refractivity contribution in [1.29, 1.82) is 0 Å². The van der Waals surface area contributed by atoms with E-state index < -0.39 is 4.92 Å². The van der Waals surface area contributed by atoms with Crippen LogP contribution in [0.2, 0.25) is 0 Å². The van der Waals surface area contributed by atoms with Crippen molar-refractivity contribution in [3.8, 4) is 0 Å². The molecule has 1 aromatic rings. The second kappa shape index (κ2) is 4.96. The molecule has 6 heteroatoms. The van der Waals surface area contributed by atoms with Gasteiger partial charge < -0.3 is 15.4 Å². The van der Waals surface area contributed by atoms with Crippen molar-refractivity contribution >= 4 is 11.6 Å². The molecule has 1 aromatic heterocycles. The van der Waals surface area contributed by atoms with Crippen LogP contribution in [0.4, 0.5) is 11.6 Å². The first-order chi connectivity index (χ1) is 8.50. The van der Waals surface area contributed by atoms with Gasteiger partial charge in [0.2, 0.25) is 11.6 Å². The number of aromatic nitrogens is 2. The van der Waals surface area contributed by atoms with Gasteiger partial charge in [0, 0.05) is 20.5 Å². The molecule has 1 aliphatic carbocycles. The molecule has 0 saturated heterocycles. The second-order valence-electron chi connectivity index (χ2n) is 5.20. The Kier molecular flexibility index (Phi) is 3.54. The Balaban J connectivity index is 2.11. The Labute approximate surface area is 107 Å². The first kappa shape index (κ1) is 12.9. The van der Waals surface area contributed by atoms with Crippen LogP contribution >= 0.6 is 0 Å². The standard InChI is InChI=1S/C12H20N4O2/c1-8-5-4-6-10(8)7-13-11-12(16(17)18)14-9(2)15(11)3/h8,10,13H,4-7H2,1-3H3. The monoisotopic (exact) mass is 252 g/mol. The third-order valence-corrected chi connectivity index (χ3v) is 4.04. The predicted molar refractivity (Wildman–Crippen MR) is 69.6 cm³/mol. The topological polar surface area (TPSA) is 73.0 Å². The van der Waals surface area contributed by atoms with Gasteiger partial charge in [-0.05, 0) is 28.2 Å². The van der Waals surface area contributed by atoms with E-state index in [0.29, 0.717) is 23.5 Å². The number of imidazole rings is 1. The Hall–Kier alpha value is -1.59. The van der Waals surface area contributed by atoms with Crippen molar-refractivity contribution in [2.75, 3.05) is 11.9 Å². The smallest absolute Gasteiger partial charge is 0.364 e. The van der Waals surface area contributed by atoms with Crippen molar-refractivity contribution < 1.29 is 4.92 Å². The zero-order valence-corrected chi connectivity index (χ0v) is 11.1. The Morgan fingerprint density at radius 1 is 1.56 bits per heavy atom. The quantitative estimate of drug-likeness (QED) is 0.660. The third-order valence-electron chi connectivity index (χ3n) is 4.04. The van der Waals surface area contributed by atoms with Crippen LogP contribution in [0.5, 0.6) is 0 Å². The molecule has 18 heavy (non-hydrogen) atoms. The van der Waals surface area contributed by atoms with Gasteiger partial charge in [-0.2, -0.15) is 0 Å². The minimum atomic E-state index is -0.423. The van der Waals surface area contributed by atoms with E-state index in [4.69, 9.17) is 0 Å². The maximum Gasteiger partial charge on any atom is 0.406 e. The molecule has 0 aromatic carbocycles. The lowest BCUT2D eigenvalue weighted by Crippen LogP contribution is -2.18. The summed E-state index contributed by atoms with van der Waals surface area (Å²) in [6.45, 7) is 4.82. The molecule has 1 saturated carbocycles. The van der Waals surface area contributed by atoms with Crippen LogP contribution < -0.4 is 5.32 Å². The maximum absolute atomic E-state index is 10.9. The zero-order valence-electron chi connectivity index (χ0n) is 11.1. The van der Waals surface area contributed by atoms with Gasteiger partial charge in [0.15, 0.2) is 0 Å². The van der Waals surface area contributed by atoms with Gasteiger partial charge in [-0.3, -0.25) is 4.57 Å². The van der Waals surface area contributed by atoms with Crippen LogP contribution in [-0.2, 0) is 7.05 Å². The summed E-state index contributed by atoms with van der Waals surface area (Å²) in [5.41, 5.74) is 0. The molecule has 2 atom stereocenters. The molecule has 100 valence electrons. The van der Waals surface area contributed by atoms with Crippen molar-refractivity contribution in [2.45, 2.75) is 33.1 Å². The van der Waals surface area contributed by atoms with Crippen molar-refractivity contribution in [1.82, 2.24) is 9.55 Å². The third kappa shape index (κ3) is 2.32. The minimum absolute atomic E-state index is 0.0688. The highest BCUT2D eigenvalue weighted by atomic mass is 16.6. The van der Waals surface area contributed by atoms with E-state index in [1.165, 1.54) is 19.3 Å². The van der Waals surface area contributed by atoms with Gasteiger partial charge in [-0.25, -0.2) is 0 Å². The summed E-state index contributed by atoms with van der Waals surface area (Å²) in [7, 11) is 1.80. The summed E-state index contributed by atoms with van der Waals surface area (Å²) in [6.07, 6.45) is 3.73. The van der Waals surface area contributed by atoms with Gasteiger partial charge >= 0.3 is 5.82 Å². The fraction of sp³-hybridized carbons (Fsp3) is 0.750. The lowest BCUT2D eigenvalue weighted by atomic mass is 9.98. The molecule has 1 heterocycles. The molecule has 1 aliphatic rings. The van der Waals surface area contributed by atoms with Gasteiger partial charge in [-0.15, -0.1) is 0 Å². The van der Waals surface area contributed by atoms with Crippen LogP contribution in [0.1, 0.15) is 32.0 Å². The molecule has 0 bridgehead atoms. The van der Waals surface area contributed by atoms with Crippen LogP contribution in [0, 0.1) is 28.9 Å². The van der Waals surface area contributed by atoms with E-state index in [0.717, 1.165) is 6.54 Å². The summed E-state index contributed by atoms with van der Waals surface area (Å²) in [4.78, 5) is 14.5. The number of anilines is 1. The molecule has 0 radical (unpaired) electrons. The summed E-state index contributed by atoms with van der Waals surface area (Å²) >= 11 is 0. The lowest BCUT2D eigenvalue weighted by Gasteiger charge is -2.16. The molecule has 0 spiro atoms. The van der Waals surface area contributed by atoms with Crippen LogP contribution in [0.3, 0.4) is 0 Å². The number of aryl methyl sites for hydroxylation is 1. The molecule has 1 N–H and O–H groups in total. The molecule has 6 nitrogen and oxygen atoms in total. The number of nitrogens with zero attached hydrogens (tertiary/aromatic N) is 3. The first-order valence-electron chi connectivity index (χ1n) is 6.42. The second-order valence-corrected chi connectivity index (χ2v) is 5.20. The highest BCUT2D eigenvalue weighted by molar-refractivity contribution is 5.53. The molecular formula is C12H20N4O2.